The highest BCUT2D eigenvalue weighted by Gasteiger charge is 2.24. The van der Waals surface area contributed by atoms with Crippen molar-refractivity contribution in [3.05, 3.63) is 28.5 Å². The van der Waals surface area contributed by atoms with Gasteiger partial charge in [0.05, 0.1) is 12.2 Å². The Kier molecular flexibility index (Phi) is 3.93. The summed E-state index contributed by atoms with van der Waals surface area (Å²) in [6, 6.07) is 3.51. The maximum atomic E-state index is 12.9. The highest BCUT2D eigenvalue weighted by atomic mass is 79.9. The summed E-state index contributed by atoms with van der Waals surface area (Å²) in [5.74, 6) is -0.799. The third-order valence-corrected chi connectivity index (χ3v) is 3.17. The summed E-state index contributed by atoms with van der Waals surface area (Å²) in [4.78, 5) is 22.8. The number of rotatable bonds is 2. The second-order valence-corrected chi connectivity index (χ2v) is 4.71. The molecule has 1 atom stereocenters. The molecule has 0 spiro atoms. The van der Waals surface area contributed by atoms with E-state index in [1.54, 1.807) is 0 Å². The normalized spacial score (nSPS) is 19.2. The van der Waals surface area contributed by atoms with Crippen LogP contribution in [-0.2, 0) is 9.59 Å². The van der Waals surface area contributed by atoms with E-state index in [0.717, 1.165) is 0 Å². The first kappa shape index (κ1) is 13.0. The molecule has 1 aromatic carbocycles. The smallest absolute Gasteiger partial charge is 0.243 e. The summed E-state index contributed by atoms with van der Waals surface area (Å²) in [5, 5.41) is 8.05. The third-order valence-electron chi connectivity index (χ3n) is 2.52. The Morgan fingerprint density at radius 3 is 2.89 bits per heavy atom. The van der Waals surface area contributed by atoms with Gasteiger partial charge in [0.15, 0.2) is 0 Å². The number of halogens is 2. The lowest BCUT2D eigenvalue weighted by Crippen LogP contribution is -2.56. The van der Waals surface area contributed by atoms with Gasteiger partial charge in [-0.2, -0.15) is 0 Å². The Bertz CT molecular complexity index is 485. The molecule has 1 heterocycles. The number of hydrogen-bond acceptors (Lipinski definition) is 3. The van der Waals surface area contributed by atoms with Crippen molar-refractivity contribution in [2.45, 2.75) is 6.04 Å². The molecule has 0 aliphatic carbocycles. The lowest BCUT2D eigenvalue weighted by molar-refractivity contribution is -0.124. The highest BCUT2D eigenvalue weighted by molar-refractivity contribution is 9.10. The van der Waals surface area contributed by atoms with Crippen LogP contribution in [0.3, 0.4) is 0 Å². The largest absolute Gasteiger partial charge is 0.353 e. The first-order chi connectivity index (χ1) is 8.56. The van der Waals surface area contributed by atoms with E-state index in [4.69, 9.17) is 0 Å². The van der Waals surface area contributed by atoms with Crippen LogP contribution in [0.4, 0.5) is 10.1 Å². The van der Waals surface area contributed by atoms with Gasteiger partial charge in [-0.1, -0.05) is 0 Å². The molecular formula is C11H11BrFN3O2. The van der Waals surface area contributed by atoms with Crippen LogP contribution in [-0.4, -0.2) is 30.9 Å². The Labute approximate surface area is 111 Å². The lowest BCUT2D eigenvalue weighted by Gasteiger charge is -2.23. The molecule has 1 saturated heterocycles. The van der Waals surface area contributed by atoms with Gasteiger partial charge in [-0.05, 0) is 34.1 Å². The number of carbonyl (C=O) groups excluding carboxylic acids is 2. The molecule has 1 aliphatic heterocycles. The monoisotopic (exact) mass is 315 g/mol. The van der Waals surface area contributed by atoms with E-state index in [1.807, 2.05) is 0 Å². The Hall–Kier alpha value is -1.47. The molecule has 96 valence electrons. The Morgan fingerprint density at radius 1 is 1.50 bits per heavy atom. The van der Waals surface area contributed by atoms with Crippen LogP contribution in [0.2, 0.25) is 0 Å². The van der Waals surface area contributed by atoms with E-state index in [-0.39, 0.29) is 30.7 Å². The van der Waals surface area contributed by atoms with Crippen molar-refractivity contribution < 1.29 is 14.0 Å². The van der Waals surface area contributed by atoms with Crippen molar-refractivity contribution in [1.29, 1.82) is 0 Å². The van der Waals surface area contributed by atoms with Crippen LogP contribution in [0.1, 0.15) is 0 Å². The fraction of sp³-hybridized carbons (Fsp3) is 0.273. The molecule has 2 rings (SSSR count). The quantitative estimate of drug-likeness (QED) is 0.749. The SMILES string of the molecule is O=C1CNC(C(=O)Nc2ccc(F)cc2Br)CN1. The first-order valence-corrected chi connectivity index (χ1v) is 6.11. The summed E-state index contributed by atoms with van der Waals surface area (Å²) < 4.78 is 13.3. The van der Waals surface area contributed by atoms with E-state index in [0.29, 0.717) is 10.2 Å². The van der Waals surface area contributed by atoms with Crippen LogP contribution in [0.25, 0.3) is 0 Å². The molecule has 0 saturated carbocycles. The van der Waals surface area contributed by atoms with E-state index < -0.39 is 6.04 Å². The van der Waals surface area contributed by atoms with E-state index in [1.165, 1.54) is 18.2 Å². The summed E-state index contributed by atoms with van der Waals surface area (Å²) in [6.07, 6.45) is 0. The molecule has 0 radical (unpaired) electrons. The zero-order chi connectivity index (χ0) is 13.1. The predicted octanol–water partition coefficient (Wildman–Crippen LogP) is 0.615. The van der Waals surface area contributed by atoms with Gasteiger partial charge in [-0.25, -0.2) is 4.39 Å². The average molecular weight is 316 g/mol. The molecule has 1 aromatic rings. The molecule has 2 amide bonds. The van der Waals surface area contributed by atoms with Gasteiger partial charge in [-0.15, -0.1) is 0 Å². The van der Waals surface area contributed by atoms with Gasteiger partial charge in [0.2, 0.25) is 11.8 Å². The van der Waals surface area contributed by atoms with Gasteiger partial charge >= 0.3 is 0 Å². The summed E-state index contributed by atoms with van der Waals surface area (Å²) in [6.45, 7) is 0.353. The molecule has 7 heteroatoms. The van der Waals surface area contributed by atoms with E-state index in [2.05, 4.69) is 31.9 Å². The number of piperazine rings is 1. The molecular weight excluding hydrogens is 305 g/mol. The summed E-state index contributed by atoms with van der Waals surface area (Å²) >= 11 is 3.16. The fourth-order valence-corrected chi connectivity index (χ4v) is 2.01. The maximum Gasteiger partial charge on any atom is 0.243 e. The lowest BCUT2D eigenvalue weighted by atomic mass is 10.2. The molecule has 0 aromatic heterocycles. The molecule has 1 unspecified atom stereocenters. The second-order valence-electron chi connectivity index (χ2n) is 3.85. The van der Waals surface area contributed by atoms with Gasteiger partial charge in [-0.3, -0.25) is 14.9 Å². The molecule has 1 aliphatic rings. The number of hydrogen-bond donors (Lipinski definition) is 3. The van der Waals surface area contributed by atoms with Crippen LogP contribution in [0, 0.1) is 5.82 Å². The summed E-state index contributed by atoms with van der Waals surface area (Å²) in [7, 11) is 0. The minimum atomic E-state index is -0.486. The number of amides is 2. The van der Waals surface area contributed by atoms with Gasteiger partial charge in [0.25, 0.3) is 0 Å². The zero-order valence-electron chi connectivity index (χ0n) is 9.30. The highest BCUT2D eigenvalue weighted by Crippen LogP contribution is 2.23. The number of anilines is 1. The van der Waals surface area contributed by atoms with Gasteiger partial charge in [0.1, 0.15) is 11.9 Å². The molecule has 5 nitrogen and oxygen atoms in total. The second kappa shape index (κ2) is 5.45. The number of carbonyl (C=O) groups is 2. The zero-order valence-corrected chi connectivity index (χ0v) is 10.9. The number of nitrogens with one attached hydrogen (secondary N) is 3. The van der Waals surface area contributed by atoms with Crippen molar-refractivity contribution >= 4 is 33.4 Å². The number of benzene rings is 1. The van der Waals surface area contributed by atoms with Gasteiger partial charge < -0.3 is 10.6 Å². The molecule has 3 N–H and O–H groups in total. The maximum absolute atomic E-state index is 12.9. The van der Waals surface area contributed by atoms with Crippen molar-refractivity contribution in [3.8, 4) is 0 Å². The van der Waals surface area contributed by atoms with Crippen LogP contribution >= 0.6 is 15.9 Å². The standard InChI is InChI=1S/C11H11BrFN3O2/c12-7-3-6(13)1-2-8(7)16-11(18)9-4-15-10(17)5-14-9/h1-3,9,14H,4-5H2,(H,15,17)(H,16,18). The van der Waals surface area contributed by atoms with Crippen molar-refractivity contribution in [2.24, 2.45) is 0 Å². The average Bonchev–Trinajstić information content (AvgIpc) is 2.33. The van der Waals surface area contributed by atoms with Crippen molar-refractivity contribution in [3.63, 3.8) is 0 Å². The van der Waals surface area contributed by atoms with Crippen LogP contribution < -0.4 is 16.0 Å². The van der Waals surface area contributed by atoms with Gasteiger partial charge in [0, 0.05) is 11.0 Å². The van der Waals surface area contributed by atoms with Crippen molar-refractivity contribution in [1.82, 2.24) is 10.6 Å². The predicted molar refractivity (Wildman–Crippen MR) is 67.5 cm³/mol. The van der Waals surface area contributed by atoms with Crippen LogP contribution in [0.5, 0.6) is 0 Å². The molecule has 0 bridgehead atoms. The third kappa shape index (κ3) is 3.05. The van der Waals surface area contributed by atoms with Crippen LogP contribution in [0.15, 0.2) is 22.7 Å². The topological polar surface area (TPSA) is 70.2 Å². The first-order valence-electron chi connectivity index (χ1n) is 5.32. The minimum absolute atomic E-state index is 0.114. The molecule has 18 heavy (non-hydrogen) atoms. The van der Waals surface area contributed by atoms with Crippen molar-refractivity contribution in [2.75, 3.05) is 18.4 Å². The van der Waals surface area contributed by atoms with E-state index in [9.17, 15) is 14.0 Å². The Balaban J connectivity index is 2.00. The molecule has 1 fully saturated rings. The Morgan fingerprint density at radius 2 is 2.28 bits per heavy atom. The van der Waals surface area contributed by atoms with E-state index >= 15 is 0 Å². The minimum Gasteiger partial charge on any atom is -0.353 e. The summed E-state index contributed by atoms with van der Waals surface area (Å²) in [5.41, 5.74) is 0.486. The fourth-order valence-electron chi connectivity index (χ4n) is 1.56.